The molecule has 1 fully saturated rings. The zero-order valence-corrected chi connectivity index (χ0v) is 15.6. The molecule has 0 aromatic rings. The van der Waals surface area contributed by atoms with E-state index in [0.717, 1.165) is 31.6 Å². The van der Waals surface area contributed by atoms with Crippen LogP contribution in [0.5, 0.6) is 0 Å². The smallest absolute Gasteiger partial charge is 0.308 e. The lowest BCUT2D eigenvalue weighted by atomic mass is 9.81. The van der Waals surface area contributed by atoms with E-state index < -0.39 is 5.97 Å². The van der Waals surface area contributed by atoms with E-state index in [-0.39, 0.29) is 17.8 Å². The standard InChI is InChI=1S/C20H36O4/c1-16(2)11-8-6-4-3-5-7-9-14-24-20(23)18-13-10-12-17(15-18)19(21)22/h16-18H,3-15H2,1-2H3,(H,21,22). The van der Waals surface area contributed by atoms with Crippen molar-refractivity contribution in [2.24, 2.45) is 17.8 Å². The van der Waals surface area contributed by atoms with E-state index in [1.807, 2.05) is 0 Å². The van der Waals surface area contributed by atoms with Gasteiger partial charge < -0.3 is 9.84 Å². The van der Waals surface area contributed by atoms with Gasteiger partial charge in [0.2, 0.25) is 0 Å². The lowest BCUT2D eigenvalue weighted by Crippen LogP contribution is -2.28. The summed E-state index contributed by atoms with van der Waals surface area (Å²) in [4.78, 5) is 23.0. The quantitative estimate of drug-likeness (QED) is 0.392. The minimum absolute atomic E-state index is 0.186. The highest BCUT2D eigenvalue weighted by molar-refractivity contribution is 5.75. The Balaban J connectivity index is 1.97. The number of carbonyl (C=O) groups is 2. The van der Waals surface area contributed by atoms with E-state index in [1.54, 1.807) is 0 Å². The van der Waals surface area contributed by atoms with Crippen LogP contribution in [0.4, 0.5) is 0 Å². The first kappa shape index (κ1) is 21.0. The fraction of sp³-hybridized carbons (Fsp3) is 0.900. The number of carboxylic acid groups (broad SMARTS) is 1. The van der Waals surface area contributed by atoms with Gasteiger partial charge in [0.25, 0.3) is 0 Å². The summed E-state index contributed by atoms with van der Waals surface area (Å²) in [5.74, 6) is -0.724. The van der Waals surface area contributed by atoms with Gasteiger partial charge in [-0.15, -0.1) is 0 Å². The molecule has 0 radical (unpaired) electrons. The normalized spacial score (nSPS) is 21.0. The van der Waals surface area contributed by atoms with Crippen LogP contribution in [0.1, 0.15) is 90.9 Å². The molecule has 1 rings (SSSR count). The molecule has 0 saturated heterocycles. The second-order valence-corrected chi connectivity index (χ2v) is 7.72. The highest BCUT2D eigenvalue weighted by Gasteiger charge is 2.31. The molecule has 1 saturated carbocycles. The maximum absolute atomic E-state index is 12.0. The predicted octanol–water partition coefficient (Wildman–Crippen LogP) is 5.20. The largest absolute Gasteiger partial charge is 0.481 e. The number of unbranched alkanes of at least 4 members (excludes halogenated alkanes) is 6. The second-order valence-electron chi connectivity index (χ2n) is 7.72. The zero-order valence-electron chi connectivity index (χ0n) is 15.6. The maximum atomic E-state index is 12.0. The van der Waals surface area contributed by atoms with Gasteiger partial charge in [-0.2, -0.15) is 0 Å². The van der Waals surface area contributed by atoms with Crippen LogP contribution >= 0.6 is 0 Å². The Hall–Kier alpha value is -1.06. The van der Waals surface area contributed by atoms with E-state index in [9.17, 15) is 9.59 Å². The van der Waals surface area contributed by atoms with Gasteiger partial charge in [-0.3, -0.25) is 9.59 Å². The number of esters is 1. The van der Waals surface area contributed by atoms with Crippen molar-refractivity contribution in [1.29, 1.82) is 0 Å². The molecule has 0 aliphatic heterocycles. The van der Waals surface area contributed by atoms with Gasteiger partial charge in [0.1, 0.15) is 0 Å². The minimum atomic E-state index is -0.777. The molecule has 0 bridgehead atoms. The van der Waals surface area contributed by atoms with Crippen LogP contribution in [0.3, 0.4) is 0 Å². The van der Waals surface area contributed by atoms with E-state index in [1.165, 1.54) is 38.5 Å². The zero-order chi connectivity index (χ0) is 17.8. The summed E-state index contributed by atoms with van der Waals surface area (Å²) >= 11 is 0. The summed E-state index contributed by atoms with van der Waals surface area (Å²) in [6, 6.07) is 0. The van der Waals surface area contributed by atoms with Crippen LogP contribution < -0.4 is 0 Å². The highest BCUT2D eigenvalue weighted by atomic mass is 16.5. The Morgan fingerprint density at radius 2 is 1.54 bits per heavy atom. The van der Waals surface area contributed by atoms with Crippen LogP contribution in [0.2, 0.25) is 0 Å². The summed E-state index contributed by atoms with van der Waals surface area (Å²) in [5.41, 5.74) is 0. The lowest BCUT2D eigenvalue weighted by Gasteiger charge is -2.25. The minimum Gasteiger partial charge on any atom is -0.481 e. The van der Waals surface area contributed by atoms with Gasteiger partial charge >= 0.3 is 11.9 Å². The molecule has 1 aliphatic rings. The Bertz CT molecular complexity index is 365. The van der Waals surface area contributed by atoms with Crippen molar-refractivity contribution in [3.8, 4) is 0 Å². The molecule has 140 valence electrons. The SMILES string of the molecule is CC(C)CCCCCCCCCOC(=O)C1CCCC(C(=O)O)C1. The molecule has 1 N–H and O–H groups in total. The van der Waals surface area contributed by atoms with Crippen LogP contribution in [-0.2, 0) is 14.3 Å². The third-order valence-corrected chi connectivity index (χ3v) is 5.03. The topological polar surface area (TPSA) is 63.6 Å². The van der Waals surface area contributed by atoms with Crippen molar-refractivity contribution in [2.45, 2.75) is 90.9 Å². The molecule has 0 heterocycles. The van der Waals surface area contributed by atoms with Crippen LogP contribution in [0.15, 0.2) is 0 Å². The summed E-state index contributed by atoms with van der Waals surface area (Å²) in [5, 5.41) is 9.06. The number of rotatable bonds is 12. The van der Waals surface area contributed by atoms with E-state index >= 15 is 0 Å². The molecular formula is C20H36O4. The molecule has 4 nitrogen and oxygen atoms in total. The fourth-order valence-electron chi connectivity index (χ4n) is 3.46. The fourth-order valence-corrected chi connectivity index (χ4v) is 3.46. The van der Waals surface area contributed by atoms with Gasteiger partial charge in [0, 0.05) is 0 Å². The van der Waals surface area contributed by atoms with Crippen LogP contribution in [-0.4, -0.2) is 23.7 Å². The molecule has 0 spiro atoms. The summed E-state index contributed by atoms with van der Waals surface area (Å²) in [6.45, 7) is 5.04. The molecule has 4 heteroatoms. The van der Waals surface area contributed by atoms with Gasteiger partial charge in [-0.05, 0) is 31.6 Å². The van der Waals surface area contributed by atoms with E-state index in [0.29, 0.717) is 19.4 Å². The van der Waals surface area contributed by atoms with E-state index in [4.69, 9.17) is 9.84 Å². The lowest BCUT2D eigenvalue weighted by molar-refractivity contribution is -0.152. The van der Waals surface area contributed by atoms with Crippen molar-refractivity contribution >= 4 is 11.9 Å². The average Bonchev–Trinajstić information content (AvgIpc) is 2.56. The van der Waals surface area contributed by atoms with Crippen LogP contribution in [0.25, 0.3) is 0 Å². The molecule has 24 heavy (non-hydrogen) atoms. The molecule has 0 amide bonds. The number of ether oxygens (including phenoxy) is 1. The number of hydrogen-bond acceptors (Lipinski definition) is 3. The molecule has 0 aromatic carbocycles. The average molecular weight is 341 g/mol. The first-order valence-corrected chi connectivity index (χ1v) is 9.90. The Labute approximate surface area is 147 Å². The Kier molecular flexibility index (Phi) is 10.8. The van der Waals surface area contributed by atoms with Gasteiger partial charge in [-0.25, -0.2) is 0 Å². The van der Waals surface area contributed by atoms with Crippen molar-refractivity contribution in [3.05, 3.63) is 0 Å². The summed E-state index contributed by atoms with van der Waals surface area (Å²) in [6.07, 6.45) is 12.6. The van der Waals surface area contributed by atoms with Crippen molar-refractivity contribution in [3.63, 3.8) is 0 Å². The monoisotopic (exact) mass is 340 g/mol. The third kappa shape index (κ3) is 9.29. The molecule has 2 unspecified atom stereocenters. The first-order valence-electron chi connectivity index (χ1n) is 9.90. The number of hydrogen-bond donors (Lipinski definition) is 1. The van der Waals surface area contributed by atoms with E-state index in [2.05, 4.69) is 13.8 Å². The number of carboxylic acids is 1. The number of aliphatic carboxylic acids is 1. The van der Waals surface area contributed by atoms with Crippen LogP contribution in [0, 0.1) is 17.8 Å². The van der Waals surface area contributed by atoms with Crippen molar-refractivity contribution in [1.82, 2.24) is 0 Å². The molecule has 2 atom stereocenters. The first-order chi connectivity index (χ1) is 11.5. The molecule has 0 aromatic heterocycles. The highest BCUT2D eigenvalue weighted by Crippen LogP contribution is 2.30. The van der Waals surface area contributed by atoms with Gasteiger partial charge in [0.15, 0.2) is 0 Å². The van der Waals surface area contributed by atoms with Gasteiger partial charge in [0.05, 0.1) is 18.4 Å². The van der Waals surface area contributed by atoms with Crippen molar-refractivity contribution in [2.75, 3.05) is 6.61 Å². The Morgan fingerprint density at radius 1 is 0.958 bits per heavy atom. The maximum Gasteiger partial charge on any atom is 0.308 e. The van der Waals surface area contributed by atoms with Crippen molar-refractivity contribution < 1.29 is 19.4 Å². The molecular weight excluding hydrogens is 304 g/mol. The Morgan fingerprint density at radius 3 is 2.17 bits per heavy atom. The second kappa shape index (κ2) is 12.3. The summed E-state index contributed by atoms with van der Waals surface area (Å²) < 4.78 is 5.35. The molecule has 1 aliphatic carbocycles. The third-order valence-electron chi connectivity index (χ3n) is 5.03. The number of carbonyl (C=O) groups excluding carboxylic acids is 1. The van der Waals surface area contributed by atoms with Gasteiger partial charge in [-0.1, -0.05) is 65.2 Å². The predicted molar refractivity (Wildman–Crippen MR) is 95.8 cm³/mol. The summed E-state index contributed by atoms with van der Waals surface area (Å²) in [7, 11) is 0.